The number of imidazole rings is 1. The number of hydrogen-bond donors (Lipinski definition) is 1. The Morgan fingerprint density at radius 3 is 2.62 bits per heavy atom. The zero-order valence-corrected chi connectivity index (χ0v) is 20.5. The SMILES string of the molecule is CC(=O)NCCc1ccc(C(=O)C(C)Sc2ncc(-c3ccccc3)n2CC2CCCO2)cc1. The normalized spacial score (nSPS) is 16.4. The van der Waals surface area contributed by atoms with Crippen LogP contribution in [0.15, 0.2) is 66.0 Å². The molecule has 1 saturated heterocycles. The van der Waals surface area contributed by atoms with Crippen LogP contribution in [0.5, 0.6) is 0 Å². The first kappa shape index (κ1) is 24.2. The maximum Gasteiger partial charge on any atom is 0.216 e. The first-order valence-electron chi connectivity index (χ1n) is 11.8. The Morgan fingerprint density at radius 1 is 1.18 bits per heavy atom. The monoisotopic (exact) mass is 477 g/mol. The Hall–Kier alpha value is -2.90. The van der Waals surface area contributed by atoms with E-state index in [1.54, 1.807) is 0 Å². The average molecular weight is 478 g/mol. The maximum absolute atomic E-state index is 13.2. The van der Waals surface area contributed by atoms with Gasteiger partial charge >= 0.3 is 0 Å². The smallest absolute Gasteiger partial charge is 0.216 e. The van der Waals surface area contributed by atoms with E-state index in [9.17, 15) is 9.59 Å². The second kappa shape index (κ2) is 11.5. The van der Waals surface area contributed by atoms with E-state index in [2.05, 4.69) is 22.0 Å². The molecule has 2 atom stereocenters. The number of aromatic nitrogens is 2. The highest BCUT2D eigenvalue weighted by molar-refractivity contribution is 8.00. The van der Waals surface area contributed by atoms with Crippen molar-refractivity contribution in [3.05, 3.63) is 71.9 Å². The van der Waals surface area contributed by atoms with E-state index in [4.69, 9.17) is 9.72 Å². The van der Waals surface area contributed by atoms with E-state index in [0.717, 1.165) is 54.4 Å². The molecule has 6 nitrogen and oxygen atoms in total. The minimum atomic E-state index is -0.278. The Bertz CT molecular complexity index is 1110. The Morgan fingerprint density at radius 2 is 1.94 bits per heavy atom. The van der Waals surface area contributed by atoms with Crippen molar-refractivity contribution in [3.8, 4) is 11.3 Å². The molecule has 1 aliphatic rings. The molecule has 1 aromatic heterocycles. The molecule has 34 heavy (non-hydrogen) atoms. The van der Waals surface area contributed by atoms with E-state index in [0.29, 0.717) is 12.1 Å². The van der Waals surface area contributed by atoms with E-state index >= 15 is 0 Å². The number of rotatable bonds is 10. The number of amides is 1. The molecule has 0 radical (unpaired) electrons. The van der Waals surface area contributed by atoms with Crippen LogP contribution < -0.4 is 5.32 Å². The standard InChI is InChI=1S/C27H31N3O3S/c1-19(26(32)23-12-10-21(11-13-23)14-15-28-20(2)31)34-27-29-17-25(22-7-4-3-5-8-22)30(27)18-24-9-6-16-33-24/h3-5,7-8,10-13,17,19,24H,6,9,14-16,18H2,1-2H3,(H,28,31). The highest BCUT2D eigenvalue weighted by Gasteiger charge is 2.24. The molecule has 1 fully saturated rings. The molecule has 0 aliphatic carbocycles. The van der Waals surface area contributed by atoms with Crippen molar-refractivity contribution in [1.82, 2.24) is 14.9 Å². The lowest BCUT2D eigenvalue weighted by atomic mass is 10.0. The van der Waals surface area contributed by atoms with Gasteiger partial charge in [-0.05, 0) is 37.3 Å². The van der Waals surface area contributed by atoms with Crippen molar-refractivity contribution in [3.63, 3.8) is 0 Å². The molecule has 4 rings (SSSR count). The predicted molar refractivity (Wildman–Crippen MR) is 135 cm³/mol. The van der Waals surface area contributed by atoms with Crippen LogP contribution in [0.25, 0.3) is 11.3 Å². The quantitative estimate of drug-likeness (QED) is 0.336. The van der Waals surface area contributed by atoms with Gasteiger partial charge < -0.3 is 14.6 Å². The zero-order valence-electron chi connectivity index (χ0n) is 19.7. The largest absolute Gasteiger partial charge is 0.376 e. The van der Waals surface area contributed by atoms with Crippen molar-refractivity contribution in [2.45, 2.75) is 56.2 Å². The van der Waals surface area contributed by atoms with Crippen LogP contribution in [-0.2, 0) is 22.5 Å². The van der Waals surface area contributed by atoms with Crippen molar-refractivity contribution < 1.29 is 14.3 Å². The van der Waals surface area contributed by atoms with Crippen molar-refractivity contribution in [1.29, 1.82) is 0 Å². The first-order valence-corrected chi connectivity index (χ1v) is 12.7. The minimum absolute atomic E-state index is 0.0362. The molecule has 2 unspecified atom stereocenters. The van der Waals surface area contributed by atoms with Gasteiger partial charge in [0.05, 0.1) is 29.8 Å². The van der Waals surface area contributed by atoms with Gasteiger partial charge in [-0.15, -0.1) is 0 Å². The van der Waals surface area contributed by atoms with E-state index < -0.39 is 0 Å². The second-order valence-electron chi connectivity index (χ2n) is 8.59. The van der Waals surface area contributed by atoms with Gasteiger partial charge in [-0.25, -0.2) is 4.98 Å². The van der Waals surface area contributed by atoms with Gasteiger partial charge in [0, 0.05) is 25.6 Å². The summed E-state index contributed by atoms with van der Waals surface area (Å²) in [6.45, 7) is 5.57. The fraction of sp³-hybridized carbons (Fsp3) is 0.370. The van der Waals surface area contributed by atoms with E-state index in [1.807, 2.05) is 55.6 Å². The molecular formula is C27H31N3O3S. The Balaban J connectivity index is 1.47. The summed E-state index contributed by atoms with van der Waals surface area (Å²) < 4.78 is 8.10. The summed E-state index contributed by atoms with van der Waals surface area (Å²) in [5.41, 5.74) is 3.92. The fourth-order valence-corrected chi connectivity index (χ4v) is 5.10. The number of ketones is 1. The van der Waals surface area contributed by atoms with Crippen LogP contribution >= 0.6 is 11.8 Å². The Labute approximate surface area is 205 Å². The molecule has 0 spiro atoms. The van der Waals surface area contributed by atoms with E-state index in [-0.39, 0.29) is 23.0 Å². The third-order valence-corrected chi connectivity index (χ3v) is 7.08. The van der Waals surface area contributed by atoms with Crippen LogP contribution in [0.3, 0.4) is 0 Å². The molecular weight excluding hydrogens is 446 g/mol. The van der Waals surface area contributed by atoms with Crippen LogP contribution in [0.4, 0.5) is 0 Å². The molecule has 1 aliphatic heterocycles. The molecule has 178 valence electrons. The van der Waals surface area contributed by atoms with Crippen molar-refractivity contribution >= 4 is 23.5 Å². The summed E-state index contributed by atoms with van der Waals surface area (Å²) in [7, 11) is 0. The summed E-state index contributed by atoms with van der Waals surface area (Å²) in [4.78, 5) is 28.9. The van der Waals surface area contributed by atoms with Gasteiger partial charge in [-0.2, -0.15) is 0 Å². The van der Waals surface area contributed by atoms with Gasteiger partial charge in [-0.3, -0.25) is 9.59 Å². The third-order valence-electron chi connectivity index (χ3n) is 5.98. The number of ether oxygens (including phenoxy) is 1. The van der Waals surface area contributed by atoms with Crippen molar-refractivity contribution in [2.75, 3.05) is 13.2 Å². The highest BCUT2D eigenvalue weighted by Crippen LogP contribution is 2.31. The third kappa shape index (κ3) is 6.15. The molecule has 1 amide bonds. The predicted octanol–water partition coefficient (Wildman–Crippen LogP) is 4.77. The van der Waals surface area contributed by atoms with Gasteiger partial charge in [0.2, 0.25) is 5.91 Å². The summed E-state index contributed by atoms with van der Waals surface area (Å²) in [6.07, 6.45) is 4.93. The molecule has 2 aromatic carbocycles. The topological polar surface area (TPSA) is 73.2 Å². The number of nitrogens with zero attached hydrogens (tertiary/aromatic N) is 2. The lowest BCUT2D eigenvalue weighted by Crippen LogP contribution is -2.22. The number of hydrogen-bond acceptors (Lipinski definition) is 5. The zero-order chi connectivity index (χ0) is 23.9. The summed E-state index contributed by atoms with van der Waals surface area (Å²) in [6, 6.07) is 17.9. The summed E-state index contributed by atoms with van der Waals surface area (Å²) in [5.74, 6) is 0.0391. The highest BCUT2D eigenvalue weighted by atomic mass is 32.2. The van der Waals surface area contributed by atoms with Crippen LogP contribution in [-0.4, -0.2) is 45.7 Å². The van der Waals surface area contributed by atoms with Gasteiger partial charge in [-0.1, -0.05) is 66.4 Å². The lowest BCUT2D eigenvalue weighted by molar-refractivity contribution is -0.118. The molecule has 7 heteroatoms. The molecule has 3 aromatic rings. The number of thioether (sulfide) groups is 1. The van der Waals surface area contributed by atoms with Gasteiger partial charge in [0.15, 0.2) is 10.9 Å². The average Bonchev–Trinajstić information content (AvgIpc) is 3.50. The lowest BCUT2D eigenvalue weighted by Gasteiger charge is -2.17. The molecule has 1 N–H and O–H groups in total. The minimum Gasteiger partial charge on any atom is -0.376 e. The second-order valence-corrected chi connectivity index (χ2v) is 9.90. The number of nitrogens with one attached hydrogen (secondary N) is 1. The number of carbonyl (C=O) groups excluding carboxylic acids is 2. The van der Waals surface area contributed by atoms with Crippen molar-refractivity contribution in [2.24, 2.45) is 0 Å². The molecule has 0 bridgehead atoms. The van der Waals surface area contributed by atoms with Crippen LogP contribution in [0.2, 0.25) is 0 Å². The summed E-state index contributed by atoms with van der Waals surface area (Å²) >= 11 is 1.49. The Kier molecular flexibility index (Phi) is 8.19. The van der Waals surface area contributed by atoms with Gasteiger partial charge in [0.25, 0.3) is 0 Å². The van der Waals surface area contributed by atoms with Gasteiger partial charge in [0.1, 0.15) is 0 Å². The van der Waals surface area contributed by atoms with Crippen LogP contribution in [0.1, 0.15) is 42.6 Å². The van der Waals surface area contributed by atoms with E-state index in [1.165, 1.54) is 18.7 Å². The molecule has 0 saturated carbocycles. The molecule has 2 heterocycles. The number of Topliss-reactive ketones (excluding diaryl/α,β-unsaturated/α-hetero) is 1. The maximum atomic E-state index is 13.2. The van der Waals surface area contributed by atoms with Crippen LogP contribution in [0, 0.1) is 0 Å². The summed E-state index contributed by atoms with van der Waals surface area (Å²) in [5, 5.41) is 3.35. The number of carbonyl (C=O) groups is 2. The fourth-order valence-electron chi connectivity index (χ4n) is 4.13. The first-order chi connectivity index (χ1) is 16.5. The number of benzene rings is 2.